The number of hydrogen-bond acceptors (Lipinski definition) is 4. The quantitative estimate of drug-likeness (QED) is 0.677. The third-order valence-electron chi connectivity index (χ3n) is 6.15. The molecule has 0 aromatic heterocycles. The Bertz CT molecular complexity index is 576. The fourth-order valence-corrected chi connectivity index (χ4v) is 4.87. The van der Waals surface area contributed by atoms with Crippen LogP contribution in [0.4, 0.5) is 4.39 Å². The van der Waals surface area contributed by atoms with Gasteiger partial charge in [0.05, 0.1) is 0 Å². The second-order valence-electron chi connectivity index (χ2n) is 9.45. The summed E-state index contributed by atoms with van der Waals surface area (Å²) in [7, 11) is 2.27. The first-order valence-electron chi connectivity index (χ1n) is 11.1. The van der Waals surface area contributed by atoms with Crippen molar-refractivity contribution in [3.63, 3.8) is 0 Å². The zero-order valence-electron chi connectivity index (χ0n) is 18.0. The van der Waals surface area contributed by atoms with Crippen molar-refractivity contribution in [2.24, 2.45) is 11.8 Å². The summed E-state index contributed by atoms with van der Waals surface area (Å²) >= 11 is 0. The van der Waals surface area contributed by atoms with Gasteiger partial charge in [0.15, 0.2) is 0 Å². The van der Waals surface area contributed by atoms with Crippen LogP contribution >= 0.6 is 0 Å². The Morgan fingerprint density at radius 1 is 1.14 bits per heavy atom. The molecule has 1 aromatic rings. The van der Waals surface area contributed by atoms with Crippen molar-refractivity contribution in [3.05, 3.63) is 35.6 Å². The van der Waals surface area contributed by atoms with Crippen LogP contribution in [0.1, 0.15) is 45.1 Å². The Kier molecular flexibility index (Phi) is 8.27. The van der Waals surface area contributed by atoms with E-state index in [1.807, 2.05) is 12.1 Å². The predicted octanol–water partition coefficient (Wildman–Crippen LogP) is 3.29. The number of hydrazine groups is 1. The van der Waals surface area contributed by atoms with Crippen LogP contribution in [-0.4, -0.2) is 61.7 Å². The summed E-state index contributed by atoms with van der Waals surface area (Å²) in [6.07, 6.45) is 6.12. The number of benzene rings is 1. The summed E-state index contributed by atoms with van der Waals surface area (Å²) in [4.78, 5) is 5.12. The molecule has 2 fully saturated rings. The third kappa shape index (κ3) is 7.11. The van der Waals surface area contributed by atoms with Crippen molar-refractivity contribution in [1.82, 2.24) is 20.7 Å². The number of rotatable bonds is 9. The Morgan fingerprint density at radius 3 is 2.64 bits per heavy atom. The van der Waals surface area contributed by atoms with Gasteiger partial charge >= 0.3 is 0 Å². The molecule has 0 aliphatic carbocycles. The molecular formula is C23H39FN4. The van der Waals surface area contributed by atoms with Crippen LogP contribution in [0, 0.1) is 17.7 Å². The molecule has 3 unspecified atom stereocenters. The molecule has 3 rings (SSSR count). The van der Waals surface area contributed by atoms with Crippen LogP contribution in [0.3, 0.4) is 0 Å². The molecule has 0 bridgehead atoms. The number of nitrogens with zero attached hydrogens (tertiary/aromatic N) is 2. The molecule has 2 aliphatic rings. The van der Waals surface area contributed by atoms with Crippen molar-refractivity contribution in [2.75, 3.05) is 39.8 Å². The Morgan fingerprint density at radius 2 is 1.89 bits per heavy atom. The minimum Gasteiger partial charge on any atom is -0.304 e. The third-order valence-corrected chi connectivity index (χ3v) is 6.15. The highest BCUT2D eigenvalue weighted by atomic mass is 19.1. The van der Waals surface area contributed by atoms with Crippen molar-refractivity contribution in [2.45, 2.75) is 58.0 Å². The van der Waals surface area contributed by atoms with Gasteiger partial charge < -0.3 is 9.80 Å². The smallest absolute Gasteiger partial charge is 0.123 e. The first kappa shape index (κ1) is 21.7. The molecule has 2 aliphatic heterocycles. The van der Waals surface area contributed by atoms with Gasteiger partial charge in [-0.2, -0.15) is 0 Å². The molecule has 0 radical (unpaired) electrons. The average Bonchev–Trinajstić information content (AvgIpc) is 3.07. The first-order valence-corrected chi connectivity index (χ1v) is 11.1. The van der Waals surface area contributed by atoms with E-state index in [9.17, 15) is 4.39 Å². The van der Waals surface area contributed by atoms with Crippen molar-refractivity contribution in [1.29, 1.82) is 0 Å². The minimum atomic E-state index is -0.146. The van der Waals surface area contributed by atoms with Gasteiger partial charge in [-0.05, 0) is 75.2 Å². The molecule has 2 saturated heterocycles. The van der Waals surface area contributed by atoms with Gasteiger partial charge in [-0.25, -0.2) is 4.39 Å². The van der Waals surface area contributed by atoms with Crippen molar-refractivity contribution in [3.8, 4) is 0 Å². The second kappa shape index (κ2) is 10.7. The van der Waals surface area contributed by atoms with E-state index in [0.29, 0.717) is 12.1 Å². The van der Waals surface area contributed by atoms with Gasteiger partial charge in [-0.1, -0.05) is 26.0 Å². The van der Waals surface area contributed by atoms with Gasteiger partial charge in [0, 0.05) is 38.3 Å². The van der Waals surface area contributed by atoms with Crippen LogP contribution in [-0.2, 0) is 6.42 Å². The Labute approximate surface area is 170 Å². The molecule has 0 saturated carbocycles. The van der Waals surface area contributed by atoms with Gasteiger partial charge in [-0.15, -0.1) is 0 Å². The molecule has 2 N–H and O–H groups in total. The summed E-state index contributed by atoms with van der Waals surface area (Å²) in [6, 6.07) is 8.16. The molecule has 4 nitrogen and oxygen atoms in total. The molecule has 28 heavy (non-hydrogen) atoms. The lowest BCUT2D eigenvalue weighted by Gasteiger charge is -2.35. The van der Waals surface area contributed by atoms with E-state index in [1.165, 1.54) is 50.9 Å². The van der Waals surface area contributed by atoms with E-state index >= 15 is 0 Å². The molecule has 2 heterocycles. The van der Waals surface area contributed by atoms with Crippen LogP contribution < -0.4 is 10.9 Å². The normalized spacial score (nSPS) is 26.4. The highest BCUT2D eigenvalue weighted by Gasteiger charge is 2.26. The predicted molar refractivity (Wildman–Crippen MR) is 115 cm³/mol. The number of likely N-dealkylation sites (N-methyl/N-ethyl adjacent to an activating group) is 1. The van der Waals surface area contributed by atoms with Gasteiger partial charge in [0.2, 0.25) is 0 Å². The number of likely N-dealkylation sites (tertiary alicyclic amines) is 1. The second-order valence-corrected chi connectivity index (χ2v) is 9.45. The lowest BCUT2D eigenvalue weighted by Crippen LogP contribution is -2.44. The van der Waals surface area contributed by atoms with E-state index < -0.39 is 0 Å². The van der Waals surface area contributed by atoms with E-state index in [1.54, 1.807) is 12.1 Å². The number of hydrogen-bond donors (Lipinski definition) is 2. The maximum absolute atomic E-state index is 13.1. The molecule has 0 spiro atoms. The average molecular weight is 391 g/mol. The molecule has 1 aromatic carbocycles. The zero-order valence-corrected chi connectivity index (χ0v) is 18.0. The number of piperidine rings is 1. The Hall–Kier alpha value is -1.01. The minimum absolute atomic E-state index is 0.146. The van der Waals surface area contributed by atoms with E-state index in [-0.39, 0.29) is 5.82 Å². The SMILES string of the molecule is CC(C)CC1CC(CN(C)CC2CCCN(CCc3ccc(F)cc3)C2)NN1. The first-order chi connectivity index (χ1) is 13.5. The summed E-state index contributed by atoms with van der Waals surface area (Å²) in [6.45, 7) is 10.4. The molecule has 3 atom stereocenters. The van der Waals surface area contributed by atoms with E-state index in [2.05, 4.69) is 41.5 Å². The lowest BCUT2D eigenvalue weighted by molar-refractivity contribution is 0.141. The van der Waals surface area contributed by atoms with Crippen LogP contribution in [0.2, 0.25) is 0 Å². The standard InChI is InChI=1S/C23H39FN4/c1-18(2)13-22-14-23(26-25-22)17-27(3)15-20-5-4-11-28(16-20)12-10-19-6-8-21(24)9-7-19/h6-9,18,20,22-23,25-26H,4-5,10-17H2,1-3H3. The molecule has 0 amide bonds. The maximum Gasteiger partial charge on any atom is 0.123 e. The monoisotopic (exact) mass is 390 g/mol. The molecular weight excluding hydrogens is 351 g/mol. The largest absolute Gasteiger partial charge is 0.304 e. The van der Waals surface area contributed by atoms with Crippen molar-refractivity contribution >= 4 is 0 Å². The zero-order chi connectivity index (χ0) is 19.9. The lowest BCUT2D eigenvalue weighted by atomic mass is 9.96. The van der Waals surface area contributed by atoms with Gasteiger partial charge in [-0.3, -0.25) is 10.9 Å². The highest BCUT2D eigenvalue weighted by Crippen LogP contribution is 2.19. The number of halogens is 1. The summed E-state index contributed by atoms with van der Waals surface area (Å²) in [5.41, 5.74) is 8.22. The molecule has 158 valence electrons. The maximum atomic E-state index is 13.1. The van der Waals surface area contributed by atoms with E-state index in [0.717, 1.165) is 31.3 Å². The fraction of sp³-hybridized carbons (Fsp3) is 0.739. The van der Waals surface area contributed by atoms with E-state index in [4.69, 9.17) is 0 Å². The van der Waals surface area contributed by atoms with Crippen LogP contribution in [0.25, 0.3) is 0 Å². The van der Waals surface area contributed by atoms with Crippen molar-refractivity contribution < 1.29 is 4.39 Å². The summed E-state index contributed by atoms with van der Waals surface area (Å²) in [5, 5.41) is 0. The van der Waals surface area contributed by atoms with Crippen LogP contribution in [0.15, 0.2) is 24.3 Å². The molecule has 5 heteroatoms. The fourth-order valence-electron chi connectivity index (χ4n) is 4.87. The topological polar surface area (TPSA) is 30.5 Å². The highest BCUT2D eigenvalue weighted by molar-refractivity contribution is 5.16. The Balaban J connectivity index is 1.36. The summed E-state index contributed by atoms with van der Waals surface area (Å²) in [5.74, 6) is 1.36. The van der Waals surface area contributed by atoms with Gasteiger partial charge in [0.1, 0.15) is 5.82 Å². The summed E-state index contributed by atoms with van der Waals surface area (Å²) < 4.78 is 13.1. The van der Waals surface area contributed by atoms with Crippen LogP contribution in [0.5, 0.6) is 0 Å². The van der Waals surface area contributed by atoms with Gasteiger partial charge in [0.25, 0.3) is 0 Å². The number of nitrogens with one attached hydrogen (secondary N) is 2.